The molecule has 18 heavy (non-hydrogen) atoms. The van der Waals surface area contributed by atoms with Crippen molar-refractivity contribution >= 4 is 11.7 Å². The number of benzene rings is 1. The number of carboxylic acid groups (broad SMARTS) is 1. The van der Waals surface area contributed by atoms with E-state index >= 15 is 0 Å². The first kappa shape index (κ1) is 12.9. The average Bonchev–Trinajstić information content (AvgIpc) is 3.09. The quantitative estimate of drug-likeness (QED) is 0.867. The zero-order valence-electron chi connectivity index (χ0n) is 11.3. The predicted octanol–water partition coefficient (Wildman–Crippen LogP) is 3.32. The van der Waals surface area contributed by atoms with Crippen LogP contribution in [-0.4, -0.2) is 23.7 Å². The van der Waals surface area contributed by atoms with Gasteiger partial charge in [0.15, 0.2) is 0 Å². The van der Waals surface area contributed by atoms with Crippen LogP contribution in [0.3, 0.4) is 0 Å². The standard InChI is InChI=1S/C15H21NO2/c1-10(2)9-16(12-7-8-12)14-11(3)5-4-6-13(14)15(17)18/h4-6,10,12H,7-9H2,1-3H3,(H,17,18). The van der Waals surface area contributed by atoms with Crippen LogP contribution in [0.2, 0.25) is 0 Å². The summed E-state index contributed by atoms with van der Waals surface area (Å²) in [5.74, 6) is -0.296. The maximum absolute atomic E-state index is 11.4. The first-order valence-electron chi connectivity index (χ1n) is 6.60. The summed E-state index contributed by atoms with van der Waals surface area (Å²) >= 11 is 0. The summed E-state index contributed by atoms with van der Waals surface area (Å²) in [4.78, 5) is 13.7. The van der Waals surface area contributed by atoms with Crippen LogP contribution in [-0.2, 0) is 0 Å². The van der Waals surface area contributed by atoms with Crippen molar-refractivity contribution in [2.24, 2.45) is 5.92 Å². The molecular formula is C15H21NO2. The van der Waals surface area contributed by atoms with Crippen LogP contribution in [0.25, 0.3) is 0 Å². The van der Waals surface area contributed by atoms with Crippen molar-refractivity contribution in [3.8, 4) is 0 Å². The highest BCUT2D eigenvalue weighted by molar-refractivity contribution is 5.95. The Balaban J connectivity index is 2.42. The Labute approximate surface area is 108 Å². The van der Waals surface area contributed by atoms with Gasteiger partial charge >= 0.3 is 5.97 Å². The van der Waals surface area contributed by atoms with Gasteiger partial charge in [-0.2, -0.15) is 0 Å². The summed E-state index contributed by atoms with van der Waals surface area (Å²) < 4.78 is 0. The summed E-state index contributed by atoms with van der Waals surface area (Å²) in [7, 11) is 0. The highest BCUT2D eigenvalue weighted by atomic mass is 16.4. The summed E-state index contributed by atoms with van der Waals surface area (Å²) in [6.45, 7) is 7.27. The Morgan fingerprint density at radius 3 is 2.61 bits per heavy atom. The van der Waals surface area contributed by atoms with E-state index in [-0.39, 0.29) is 0 Å². The van der Waals surface area contributed by atoms with Crippen LogP contribution in [0.15, 0.2) is 18.2 Å². The first-order chi connectivity index (χ1) is 8.50. The van der Waals surface area contributed by atoms with Gasteiger partial charge in [0.2, 0.25) is 0 Å². The fraction of sp³-hybridized carbons (Fsp3) is 0.533. The zero-order valence-corrected chi connectivity index (χ0v) is 11.3. The number of nitrogens with zero attached hydrogens (tertiary/aromatic N) is 1. The summed E-state index contributed by atoms with van der Waals surface area (Å²) in [6.07, 6.45) is 2.36. The van der Waals surface area contributed by atoms with E-state index in [0.29, 0.717) is 17.5 Å². The normalized spacial score (nSPS) is 14.9. The maximum atomic E-state index is 11.4. The molecule has 98 valence electrons. The third-order valence-corrected chi connectivity index (χ3v) is 3.30. The molecule has 0 bridgehead atoms. The minimum atomic E-state index is -0.830. The molecule has 0 heterocycles. The molecule has 1 aromatic carbocycles. The number of rotatable bonds is 5. The van der Waals surface area contributed by atoms with E-state index in [4.69, 9.17) is 0 Å². The SMILES string of the molecule is Cc1cccc(C(=O)O)c1N(CC(C)C)C1CC1. The van der Waals surface area contributed by atoms with Gasteiger partial charge in [-0.05, 0) is 37.3 Å². The van der Waals surface area contributed by atoms with E-state index in [1.165, 1.54) is 12.8 Å². The lowest BCUT2D eigenvalue weighted by Crippen LogP contribution is -2.32. The number of aromatic carboxylic acids is 1. The van der Waals surface area contributed by atoms with Crippen molar-refractivity contribution < 1.29 is 9.90 Å². The first-order valence-corrected chi connectivity index (χ1v) is 6.60. The van der Waals surface area contributed by atoms with Crippen LogP contribution < -0.4 is 4.90 Å². The fourth-order valence-corrected chi connectivity index (χ4v) is 2.42. The van der Waals surface area contributed by atoms with Gasteiger partial charge < -0.3 is 10.0 Å². The smallest absolute Gasteiger partial charge is 0.337 e. The molecule has 1 saturated carbocycles. The number of para-hydroxylation sites is 1. The number of aryl methyl sites for hydroxylation is 1. The Hall–Kier alpha value is -1.51. The van der Waals surface area contributed by atoms with Crippen molar-refractivity contribution in [3.05, 3.63) is 29.3 Å². The van der Waals surface area contributed by atoms with Crippen molar-refractivity contribution in [1.82, 2.24) is 0 Å². The molecule has 0 aromatic heterocycles. The van der Waals surface area contributed by atoms with Gasteiger partial charge in [-0.1, -0.05) is 26.0 Å². The monoisotopic (exact) mass is 247 g/mol. The molecule has 0 atom stereocenters. The van der Waals surface area contributed by atoms with Gasteiger partial charge in [-0.3, -0.25) is 0 Å². The Bertz CT molecular complexity index is 450. The number of hydrogen-bond acceptors (Lipinski definition) is 2. The molecule has 0 unspecified atom stereocenters. The molecule has 2 rings (SSSR count). The van der Waals surface area contributed by atoms with Crippen LogP contribution in [0.1, 0.15) is 42.6 Å². The Kier molecular flexibility index (Phi) is 3.60. The molecule has 0 saturated heterocycles. The molecule has 0 spiro atoms. The molecule has 1 aliphatic carbocycles. The summed E-state index contributed by atoms with van der Waals surface area (Å²) in [6, 6.07) is 6.06. The van der Waals surface area contributed by atoms with Gasteiger partial charge in [0.05, 0.1) is 11.3 Å². The third kappa shape index (κ3) is 2.66. The lowest BCUT2D eigenvalue weighted by molar-refractivity contribution is 0.0697. The molecule has 3 heteroatoms. The van der Waals surface area contributed by atoms with E-state index in [0.717, 1.165) is 17.8 Å². The van der Waals surface area contributed by atoms with Crippen LogP contribution in [0.5, 0.6) is 0 Å². The van der Waals surface area contributed by atoms with Crippen molar-refractivity contribution in [2.45, 2.75) is 39.7 Å². The van der Waals surface area contributed by atoms with Crippen molar-refractivity contribution in [3.63, 3.8) is 0 Å². The largest absolute Gasteiger partial charge is 0.478 e. The Morgan fingerprint density at radius 2 is 2.11 bits per heavy atom. The minimum Gasteiger partial charge on any atom is -0.478 e. The van der Waals surface area contributed by atoms with Crippen LogP contribution in [0, 0.1) is 12.8 Å². The third-order valence-electron chi connectivity index (χ3n) is 3.30. The molecule has 1 aromatic rings. The van der Waals surface area contributed by atoms with Crippen LogP contribution in [0.4, 0.5) is 5.69 Å². The molecule has 1 fully saturated rings. The van der Waals surface area contributed by atoms with E-state index < -0.39 is 5.97 Å². The zero-order chi connectivity index (χ0) is 13.3. The van der Waals surface area contributed by atoms with Crippen molar-refractivity contribution in [2.75, 3.05) is 11.4 Å². The molecule has 0 amide bonds. The van der Waals surface area contributed by atoms with E-state index in [1.54, 1.807) is 6.07 Å². The van der Waals surface area contributed by atoms with Crippen LogP contribution >= 0.6 is 0 Å². The average molecular weight is 247 g/mol. The lowest BCUT2D eigenvalue weighted by Gasteiger charge is -2.29. The highest BCUT2D eigenvalue weighted by Gasteiger charge is 2.32. The minimum absolute atomic E-state index is 0.433. The second kappa shape index (κ2) is 5.01. The summed E-state index contributed by atoms with van der Waals surface area (Å²) in [5, 5.41) is 9.35. The maximum Gasteiger partial charge on any atom is 0.337 e. The van der Waals surface area contributed by atoms with Gasteiger partial charge in [-0.25, -0.2) is 4.79 Å². The molecule has 3 nitrogen and oxygen atoms in total. The lowest BCUT2D eigenvalue weighted by atomic mass is 10.0. The number of carboxylic acids is 1. The van der Waals surface area contributed by atoms with Gasteiger partial charge in [-0.15, -0.1) is 0 Å². The molecule has 0 aliphatic heterocycles. The molecule has 0 radical (unpaired) electrons. The topological polar surface area (TPSA) is 40.5 Å². The van der Waals surface area contributed by atoms with Gasteiger partial charge in [0.25, 0.3) is 0 Å². The number of carbonyl (C=O) groups is 1. The summed E-state index contributed by atoms with van der Waals surface area (Å²) in [5.41, 5.74) is 2.41. The molecule has 1 N–H and O–H groups in total. The highest BCUT2D eigenvalue weighted by Crippen LogP contribution is 2.36. The number of hydrogen-bond donors (Lipinski definition) is 1. The van der Waals surface area contributed by atoms with E-state index in [9.17, 15) is 9.90 Å². The molecular weight excluding hydrogens is 226 g/mol. The second-order valence-corrected chi connectivity index (χ2v) is 5.55. The second-order valence-electron chi connectivity index (χ2n) is 5.55. The molecule has 1 aliphatic rings. The van der Waals surface area contributed by atoms with Gasteiger partial charge in [0.1, 0.15) is 0 Å². The fourth-order valence-electron chi connectivity index (χ4n) is 2.42. The van der Waals surface area contributed by atoms with E-state index in [1.807, 2.05) is 19.1 Å². The Morgan fingerprint density at radius 1 is 1.44 bits per heavy atom. The van der Waals surface area contributed by atoms with Crippen molar-refractivity contribution in [1.29, 1.82) is 0 Å². The predicted molar refractivity (Wildman–Crippen MR) is 73.3 cm³/mol. The number of anilines is 1. The van der Waals surface area contributed by atoms with Gasteiger partial charge in [0, 0.05) is 12.6 Å². The van der Waals surface area contributed by atoms with E-state index in [2.05, 4.69) is 18.7 Å².